The number of methoxy groups -OCH3 is 1. The largest absolute Gasteiger partial charge is 0.497 e. The van der Waals surface area contributed by atoms with Crippen LogP contribution in [0.25, 0.3) is 0 Å². The normalized spacial score (nSPS) is 21.0. The molecule has 0 N–H and O–H groups in total. The average molecular weight is 178 g/mol. The molecule has 0 saturated carbocycles. The molecular weight excluding hydrogens is 168 g/mol. The second kappa shape index (κ2) is 3.18. The molecule has 0 radical (unpaired) electrons. The van der Waals surface area contributed by atoms with Gasteiger partial charge in [0.15, 0.2) is 5.78 Å². The van der Waals surface area contributed by atoms with Crippen LogP contribution in [0.2, 0.25) is 0 Å². The molecular formula is C10H10O3. The minimum absolute atomic E-state index is 0.133. The van der Waals surface area contributed by atoms with Crippen molar-refractivity contribution in [2.24, 2.45) is 0 Å². The maximum Gasteiger partial charge on any atom is 0.191 e. The summed E-state index contributed by atoms with van der Waals surface area (Å²) in [7, 11) is 1.60. The van der Waals surface area contributed by atoms with Gasteiger partial charge < -0.3 is 9.47 Å². The minimum Gasteiger partial charge on any atom is -0.497 e. The fourth-order valence-electron chi connectivity index (χ4n) is 1.32. The third kappa shape index (κ3) is 1.42. The molecule has 1 fully saturated rings. The summed E-state index contributed by atoms with van der Waals surface area (Å²) < 4.78 is 10.2. The zero-order valence-corrected chi connectivity index (χ0v) is 7.32. The van der Waals surface area contributed by atoms with Crippen LogP contribution >= 0.6 is 0 Å². The van der Waals surface area contributed by atoms with E-state index in [1.807, 2.05) is 24.3 Å². The van der Waals surface area contributed by atoms with E-state index in [0.717, 1.165) is 11.3 Å². The van der Waals surface area contributed by atoms with Gasteiger partial charge in [0, 0.05) is 0 Å². The molecule has 68 valence electrons. The Morgan fingerprint density at radius 2 is 2.38 bits per heavy atom. The van der Waals surface area contributed by atoms with E-state index in [0.29, 0.717) is 0 Å². The number of ether oxygens (including phenoxy) is 2. The van der Waals surface area contributed by atoms with Crippen molar-refractivity contribution in [2.75, 3.05) is 13.7 Å². The molecule has 3 nitrogen and oxygen atoms in total. The highest BCUT2D eigenvalue weighted by atomic mass is 16.5. The lowest BCUT2D eigenvalue weighted by molar-refractivity contribution is -0.155. The van der Waals surface area contributed by atoms with Crippen LogP contribution in [-0.4, -0.2) is 19.5 Å². The number of ketones is 1. The van der Waals surface area contributed by atoms with Gasteiger partial charge in [-0.3, -0.25) is 4.79 Å². The molecule has 1 aromatic carbocycles. The standard InChI is InChI=1S/C10H10O3/c1-12-8-4-2-3-7(5-8)10-9(11)6-13-10/h2-5,10H,6H2,1H3. The SMILES string of the molecule is COc1cccc(C2OCC2=O)c1. The van der Waals surface area contributed by atoms with Crippen molar-refractivity contribution in [3.05, 3.63) is 29.8 Å². The first kappa shape index (κ1) is 8.26. The fraction of sp³-hybridized carbons (Fsp3) is 0.300. The molecule has 0 bridgehead atoms. The Kier molecular flexibility index (Phi) is 2.02. The summed E-state index contributed by atoms with van der Waals surface area (Å²) in [6.45, 7) is 0.238. The Balaban J connectivity index is 2.24. The molecule has 1 heterocycles. The number of hydrogen-bond acceptors (Lipinski definition) is 3. The van der Waals surface area contributed by atoms with Crippen molar-refractivity contribution in [3.8, 4) is 5.75 Å². The highest BCUT2D eigenvalue weighted by molar-refractivity contribution is 5.89. The number of carbonyl (C=O) groups is 1. The molecule has 13 heavy (non-hydrogen) atoms. The Morgan fingerprint density at radius 1 is 1.54 bits per heavy atom. The van der Waals surface area contributed by atoms with Crippen LogP contribution in [0.5, 0.6) is 5.75 Å². The summed E-state index contributed by atoms with van der Waals surface area (Å²) in [4.78, 5) is 11.1. The van der Waals surface area contributed by atoms with Crippen molar-refractivity contribution in [2.45, 2.75) is 6.10 Å². The highest BCUT2D eigenvalue weighted by Gasteiger charge is 2.30. The van der Waals surface area contributed by atoms with Gasteiger partial charge in [0.25, 0.3) is 0 Å². The first-order chi connectivity index (χ1) is 6.31. The first-order valence-electron chi connectivity index (χ1n) is 4.09. The quantitative estimate of drug-likeness (QED) is 0.685. The van der Waals surface area contributed by atoms with Crippen LogP contribution in [-0.2, 0) is 9.53 Å². The Labute approximate surface area is 76.3 Å². The Bertz CT molecular complexity index is 333. The molecule has 0 aliphatic carbocycles. The lowest BCUT2D eigenvalue weighted by Crippen LogP contribution is -2.32. The number of hydrogen-bond donors (Lipinski definition) is 0. The van der Waals surface area contributed by atoms with Gasteiger partial charge >= 0.3 is 0 Å². The molecule has 1 aliphatic heterocycles. The van der Waals surface area contributed by atoms with Crippen molar-refractivity contribution < 1.29 is 14.3 Å². The average Bonchev–Trinajstić information content (AvgIpc) is 2.16. The van der Waals surface area contributed by atoms with Gasteiger partial charge in [0.1, 0.15) is 18.5 Å². The van der Waals surface area contributed by atoms with E-state index in [-0.39, 0.29) is 18.5 Å². The zero-order valence-electron chi connectivity index (χ0n) is 7.32. The smallest absolute Gasteiger partial charge is 0.191 e. The van der Waals surface area contributed by atoms with Crippen LogP contribution < -0.4 is 4.74 Å². The van der Waals surface area contributed by atoms with Crippen molar-refractivity contribution >= 4 is 5.78 Å². The van der Waals surface area contributed by atoms with Crippen molar-refractivity contribution in [1.82, 2.24) is 0 Å². The van der Waals surface area contributed by atoms with Crippen molar-refractivity contribution in [3.63, 3.8) is 0 Å². The summed E-state index contributed by atoms with van der Waals surface area (Å²) >= 11 is 0. The van der Waals surface area contributed by atoms with E-state index in [1.165, 1.54) is 0 Å². The number of carbonyl (C=O) groups excluding carboxylic acids is 1. The van der Waals surface area contributed by atoms with Gasteiger partial charge in [-0.1, -0.05) is 12.1 Å². The summed E-state index contributed by atoms with van der Waals surface area (Å²) in [5, 5.41) is 0. The van der Waals surface area contributed by atoms with Crippen molar-refractivity contribution in [1.29, 1.82) is 0 Å². The molecule has 1 unspecified atom stereocenters. The van der Waals surface area contributed by atoms with E-state index in [4.69, 9.17) is 9.47 Å². The van der Waals surface area contributed by atoms with E-state index < -0.39 is 0 Å². The van der Waals surface area contributed by atoms with Crippen LogP contribution in [0.1, 0.15) is 11.7 Å². The second-order valence-corrected chi connectivity index (χ2v) is 2.93. The molecule has 0 spiro atoms. The van der Waals surface area contributed by atoms with Crippen LogP contribution in [0.3, 0.4) is 0 Å². The third-order valence-electron chi connectivity index (χ3n) is 2.08. The van der Waals surface area contributed by atoms with Gasteiger partial charge in [-0.25, -0.2) is 0 Å². The van der Waals surface area contributed by atoms with Gasteiger partial charge in [-0.05, 0) is 17.7 Å². The molecule has 1 aliphatic rings. The Morgan fingerprint density at radius 3 is 2.92 bits per heavy atom. The zero-order chi connectivity index (χ0) is 9.26. The topological polar surface area (TPSA) is 35.5 Å². The van der Waals surface area contributed by atoms with Gasteiger partial charge in [0.2, 0.25) is 0 Å². The van der Waals surface area contributed by atoms with Crippen LogP contribution in [0, 0.1) is 0 Å². The maximum absolute atomic E-state index is 11.1. The number of rotatable bonds is 2. The van der Waals surface area contributed by atoms with E-state index in [9.17, 15) is 4.79 Å². The Hall–Kier alpha value is -1.35. The summed E-state index contributed by atoms with van der Waals surface area (Å²) in [6, 6.07) is 7.38. The number of Topliss-reactive ketones (excluding diaryl/α,β-unsaturated/α-hetero) is 1. The molecule has 1 aromatic rings. The first-order valence-corrected chi connectivity index (χ1v) is 4.09. The summed E-state index contributed by atoms with van der Waals surface area (Å²) in [6.07, 6.45) is -0.366. The van der Waals surface area contributed by atoms with E-state index >= 15 is 0 Å². The third-order valence-corrected chi connectivity index (χ3v) is 2.08. The molecule has 3 heteroatoms. The van der Waals surface area contributed by atoms with Gasteiger partial charge in [-0.15, -0.1) is 0 Å². The fourth-order valence-corrected chi connectivity index (χ4v) is 1.32. The monoisotopic (exact) mass is 178 g/mol. The van der Waals surface area contributed by atoms with Gasteiger partial charge in [0.05, 0.1) is 7.11 Å². The molecule has 0 amide bonds. The molecule has 0 aromatic heterocycles. The van der Waals surface area contributed by atoms with Crippen LogP contribution in [0.4, 0.5) is 0 Å². The molecule has 1 saturated heterocycles. The predicted octanol–water partition coefficient (Wildman–Crippen LogP) is 1.34. The highest BCUT2D eigenvalue weighted by Crippen LogP contribution is 2.28. The van der Waals surface area contributed by atoms with Gasteiger partial charge in [-0.2, -0.15) is 0 Å². The lowest BCUT2D eigenvalue weighted by atomic mass is 10.0. The van der Waals surface area contributed by atoms with E-state index in [1.54, 1.807) is 7.11 Å². The minimum atomic E-state index is -0.366. The van der Waals surface area contributed by atoms with Crippen LogP contribution in [0.15, 0.2) is 24.3 Å². The summed E-state index contributed by atoms with van der Waals surface area (Å²) in [5.74, 6) is 0.883. The maximum atomic E-state index is 11.1. The molecule has 1 atom stereocenters. The molecule has 2 rings (SSSR count). The number of benzene rings is 1. The van der Waals surface area contributed by atoms with E-state index in [2.05, 4.69) is 0 Å². The predicted molar refractivity (Wildman–Crippen MR) is 46.7 cm³/mol. The summed E-state index contributed by atoms with van der Waals surface area (Å²) in [5.41, 5.74) is 0.871. The lowest BCUT2D eigenvalue weighted by Gasteiger charge is -2.25. The second-order valence-electron chi connectivity index (χ2n) is 2.93.